The van der Waals surface area contributed by atoms with Gasteiger partial charge in [0, 0.05) is 31.5 Å². The van der Waals surface area contributed by atoms with Crippen LogP contribution in [0.5, 0.6) is 0 Å². The lowest BCUT2D eigenvalue weighted by Gasteiger charge is -2.32. The van der Waals surface area contributed by atoms with E-state index in [1.807, 2.05) is 16.6 Å². The van der Waals surface area contributed by atoms with Crippen LogP contribution in [0, 0.1) is 12.8 Å². The summed E-state index contributed by atoms with van der Waals surface area (Å²) in [6.07, 6.45) is 4.04. The van der Waals surface area contributed by atoms with Crippen molar-refractivity contribution in [1.82, 2.24) is 25.1 Å². The van der Waals surface area contributed by atoms with Crippen molar-refractivity contribution in [3.8, 4) is 0 Å². The van der Waals surface area contributed by atoms with E-state index in [1.54, 1.807) is 0 Å². The lowest BCUT2D eigenvalue weighted by atomic mass is 9.96. The van der Waals surface area contributed by atoms with Crippen LogP contribution in [0.4, 0.5) is 5.82 Å². The van der Waals surface area contributed by atoms with Gasteiger partial charge in [0.15, 0.2) is 11.5 Å². The summed E-state index contributed by atoms with van der Waals surface area (Å²) in [4.78, 5) is 14.8. The van der Waals surface area contributed by atoms with Crippen LogP contribution in [-0.2, 0) is 11.3 Å². The fraction of sp³-hybridized carbons (Fsp3) is 0.455. The van der Waals surface area contributed by atoms with Crippen LogP contribution < -0.4 is 10.2 Å². The Hall–Kier alpha value is -2.96. The maximum Gasteiger partial charge on any atom is 0.223 e. The second-order valence-electron chi connectivity index (χ2n) is 8.26. The van der Waals surface area contributed by atoms with Crippen molar-refractivity contribution in [2.45, 2.75) is 45.1 Å². The summed E-state index contributed by atoms with van der Waals surface area (Å²) in [5, 5.41) is 16.4. The molecule has 1 N–H and O–H groups in total. The fourth-order valence-corrected chi connectivity index (χ4v) is 3.97. The van der Waals surface area contributed by atoms with Crippen molar-refractivity contribution >= 4 is 17.4 Å². The summed E-state index contributed by atoms with van der Waals surface area (Å²) in [6.45, 7) is 4.33. The first-order chi connectivity index (χ1) is 14.2. The Morgan fingerprint density at radius 1 is 1.03 bits per heavy atom. The number of nitrogens with one attached hydrogen (secondary N) is 1. The molecule has 1 saturated heterocycles. The van der Waals surface area contributed by atoms with Crippen molar-refractivity contribution in [3.05, 3.63) is 53.3 Å². The van der Waals surface area contributed by atoms with Gasteiger partial charge in [-0.2, -0.15) is 4.52 Å². The third-order valence-corrected chi connectivity index (χ3v) is 5.99. The average molecular weight is 390 g/mol. The molecule has 2 aliphatic rings. The van der Waals surface area contributed by atoms with Crippen LogP contribution in [0.15, 0.2) is 36.4 Å². The molecular formula is C22H26N6O. The van der Waals surface area contributed by atoms with Gasteiger partial charge < -0.3 is 10.2 Å². The van der Waals surface area contributed by atoms with Gasteiger partial charge >= 0.3 is 0 Å². The highest BCUT2D eigenvalue weighted by molar-refractivity contribution is 5.79. The Morgan fingerprint density at radius 3 is 2.52 bits per heavy atom. The summed E-state index contributed by atoms with van der Waals surface area (Å²) >= 11 is 0. The monoisotopic (exact) mass is 390 g/mol. The fourth-order valence-electron chi connectivity index (χ4n) is 3.97. The highest BCUT2D eigenvalue weighted by atomic mass is 16.1. The van der Waals surface area contributed by atoms with Gasteiger partial charge in [-0.3, -0.25) is 4.79 Å². The molecule has 3 heterocycles. The molecule has 1 aromatic carbocycles. The number of aromatic nitrogens is 4. The lowest BCUT2D eigenvalue weighted by Crippen LogP contribution is -2.40. The first-order valence-electron chi connectivity index (χ1n) is 10.5. The number of amides is 1. The van der Waals surface area contributed by atoms with Gasteiger partial charge in [-0.25, -0.2) is 0 Å². The summed E-state index contributed by atoms with van der Waals surface area (Å²) in [6, 6.07) is 12.3. The molecule has 0 radical (unpaired) electrons. The second-order valence-corrected chi connectivity index (χ2v) is 8.26. The predicted molar refractivity (Wildman–Crippen MR) is 111 cm³/mol. The molecule has 3 aromatic rings. The summed E-state index contributed by atoms with van der Waals surface area (Å²) in [5.74, 6) is 2.65. The van der Waals surface area contributed by atoms with Crippen LogP contribution in [0.1, 0.15) is 48.6 Å². The van der Waals surface area contributed by atoms with Gasteiger partial charge in [0.25, 0.3) is 0 Å². The molecule has 5 rings (SSSR count). The highest BCUT2D eigenvalue weighted by Crippen LogP contribution is 2.38. The quantitative estimate of drug-likeness (QED) is 0.725. The first-order valence-corrected chi connectivity index (χ1v) is 10.5. The Morgan fingerprint density at radius 2 is 1.79 bits per heavy atom. The number of fused-ring (bicyclic) bond motifs is 1. The minimum absolute atomic E-state index is 0.0670. The van der Waals surface area contributed by atoms with E-state index in [0.717, 1.165) is 48.8 Å². The second kappa shape index (κ2) is 7.46. The van der Waals surface area contributed by atoms with E-state index in [-0.39, 0.29) is 11.8 Å². The van der Waals surface area contributed by atoms with E-state index in [1.165, 1.54) is 18.4 Å². The standard InChI is InChI=1S/C22H26N6O/c1-15-2-4-16(5-3-15)14-23-22(29)18-10-12-27(13-11-18)20-9-8-19-24-25-21(17-6-7-17)28(19)26-20/h2-5,8-9,17-18H,6-7,10-14H2,1H3,(H,23,29). The molecule has 7 nitrogen and oxygen atoms in total. The molecule has 1 aliphatic heterocycles. The van der Waals surface area contributed by atoms with Crippen molar-refractivity contribution < 1.29 is 4.79 Å². The third kappa shape index (κ3) is 3.81. The molecule has 2 aromatic heterocycles. The van der Waals surface area contributed by atoms with Crippen molar-refractivity contribution in [2.24, 2.45) is 5.92 Å². The Kier molecular flexibility index (Phi) is 4.66. The zero-order valence-electron chi connectivity index (χ0n) is 16.7. The van der Waals surface area contributed by atoms with E-state index in [0.29, 0.717) is 12.5 Å². The van der Waals surface area contributed by atoms with E-state index >= 15 is 0 Å². The number of anilines is 1. The third-order valence-electron chi connectivity index (χ3n) is 5.99. The smallest absolute Gasteiger partial charge is 0.223 e. The highest BCUT2D eigenvalue weighted by Gasteiger charge is 2.30. The van der Waals surface area contributed by atoms with E-state index in [2.05, 4.69) is 51.6 Å². The number of rotatable bonds is 5. The number of nitrogens with zero attached hydrogens (tertiary/aromatic N) is 5. The van der Waals surface area contributed by atoms with Crippen LogP contribution in [-0.4, -0.2) is 38.8 Å². The molecule has 7 heteroatoms. The van der Waals surface area contributed by atoms with Gasteiger partial charge in [-0.05, 0) is 50.3 Å². The van der Waals surface area contributed by atoms with Crippen LogP contribution >= 0.6 is 0 Å². The largest absolute Gasteiger partial charge is 0.355 e. The molecule has 0 bridgehead atoms. The molecule has 0 unspecified atom stereocenters. The van der Waals surface area contributed by atoms with Gasteiger partial charge in [-0.1, -0.05) is 29.8 Å². The van der Waals surface area contributed by atoms with Crippen molar-refractivity contribution in [2.75, 3.05) is 18.0 Å². The Balaban J connectivity index is 1.19. The summed E-state index contributed by atoms with van der Waals surface area (Å²) in [7, 11) is 0. The minimum Gasteiger partial charge on any atom is -0.355 e. The molecule has 1 aliphatic carbocycles. The number of piperidine rings is 1. The van der Waals surface area contributed by atoms with Crippen molar-refractivity contribution in [1.29, 1.82) is 0 Å². The Bertz CT molecular complexity index is 1020. The van der Waals surface area contributed by atoms with Crippen molar-refractivity contribution in [3.63, 3.8) is 0 Å². The van der Waals surface area contributed by atoms with E-state index in [9.17, 15) is 4.79 Å². The van der Waals surface area contributed by atoms with Crippen LogP contribution in [0.2, 0.25) is 0 Å². The van der Waals surface area contributed by atoms with Gasteiger partial charge in [0.05, 0.1) is 0 Å². The molecule has 150 valence electrons. The number of aryl methyl sites for hydroxylation is 1. The lowest BCUT2D eigenvalue weighted by molar-refractivity contribution is -0.125. The number of benzene rings is 1. The molecule has 0 atom stereocenters. The zero-order valence-corrected chi connectivity index (χ0v) is 16.7. The molecule has 1 amide bonds. The van der Waals surface area contributed by atoms with Gasteiger partial charge in [0.1, 0.15) is 5.82 Å². The van der Waals surface area contributed by atoms with Crippen LogP contribution in [0.25, 0.3) is 5.65 Å². The maximum atomic E-state index is 12.6. The molecule has 1 saturated carbocycles. The number of hydrogen-bond acceptors (Lipinski definition) is 5. The van der Waals surface area contributed by atoms with E-state index < -0.39 is 0 Å². The normalized spacial score (nSPS) is 17.6. The molecular weight excluding hydrogens is 364 g/mol. The topological polar surface area (TPSA) is 75.4 Å². The molecule has 29 heavy (non-hydrogen) atoms. The summed E-state index contributed by atoms with van der Waals surface area (Å²) < 4.78 is 1.90. The predicted octanol–water partition coefficient (Wildman–Crippen LogP) is 2.84. The Labute approximate surface area is 170 Å². The minimum atomic E-state index is 0.0670. The first kappa shape index (κ1) is 18.1. The van der Waals surface area contributed by atoms with Crippen LogP contribution in [0.3, 0.4) is 0 Å². The number of hydrogen-bond donors (Lipinski definition) is 1. The maximum absolute atomic E-state index is 12.6. The average Bonchev–Trinajstić information content (AvgIpc) is 3.52. The summed E-state index contributed by atoms with van der Waals surface area (Å²) in [5.41, 5.74) is 3.18. The number of carbonyl (C=O) groups excluding carboxylic acids is 1. The number of carbonyl (C=O) groups is 1. The SMILES string of the molecule is Cc1ccc(CNC(=O)C2CCN(c3ccc4nnc(C5CC5)n4n3)CC2)cc1. The molecule has 0 spiro atoms. The van der Waals surface area contributed by atoms with E-state index in [4.69, 9.17) is 5.10 Å². The van der Waals surface area contributed by atoms with Gasteiger partial charge in [0.2, 0.25) is 5.91 Å². The molecule has 2 fully saturated rings. The van der Waals surface area contributed by atoms with Gasteiger partial charge in [-0.15, -0.1) is 15.3 Å². The zero-order chi connectivity index (χ0) is 19.8.